The summed E-state index contributed by atoms with van der Waals surface area (Å²) < 4.78 is 10.6. The first kappa shape index (κ1) is 19.2. The highest BCUT2D eigenvalue weighted by Crippen LogP contribution is 2.26. The van der Waals surface area contributed by atoms with Crippen LogP contribution in [0.4, 0.5) is 0 Å². The van der Waals surface area contributed by atoms with E-state index in [2.05, 4.69) is 36.1 Å². The highest BCUT2D eigenvalue weighted by atomic mass is 16.5. The Balaban J connectivity index is 1.65. The molecule has 5 nitrogen and oxygen atoms in total. The van der Waals surface area contributed by atoms with Gasteiger partial charge in [-0.25, -0.2) is 0 Å². The van der Waals surface area contributed by atoms with Crippen molar-refractivity contribution in [1.82, 2.24) is 9.80 Å². The van der Waals surface area contributed by atoms with Crippen molar-refractivity contribution in [3.8, 4) is 11.5 Å². The van der Waals surface area contributed by atoms with Crippen molar-refractivity contribution in [1.29, 1.82) is 0 Å². The summed E-state index contributed by atoms with van der Waals surface area (Å²) in [6.07, 6.45) is 0.968. The van der Waals surface area contributed by atoms with Gasteiger partial charge in [0.05, 0.1) is 19.8 Å². The summed E-state index contributed by atoms with van der Waals surface area (Å²) in [5.41, 5.74) is 3.18. The Kier molecular flexibility index (Phi) is 6.35. The average molecular weight is 368 g/mol. The maximum absolute atomic E-state index is 13.0. The summed E-state index contributed by atoms with van der Waals surface area (Å²) >= 11 is 0. The lowest BCUT2D eigenvalue weighted by atomic mass is 10.1. The van der Waals surface area contributed by atoms with Gasteiger partial charge in [0, 0.05) is 38.8 Å². The molecule has 0 aromatic heterocycles. The van der Waals surface area contributed by atoms with E-state index in [1.165, 1.54) is 11.1 Å². The van der Waals surface area contributed by atoms with Crippen molar-refractivity contribution < 1.29 is 14.3 Å². The number of hydrogen-bond acceptors (Lipinski definition) is 4. The Labute approximate surface area is 161 Å². The van der Waals surface area contributed by atoms with Crippen LogP contribution in [0.2, 0.25) is 0 Å². The van der Waals surface area contributed by atoms with Crippen molar-refractivity contribution in [2.75, 3.05) is 40.4 Å². The zero-order valence-corrected chi connectivity index (χ0v) is 16.4. The van der Waals surface area contributed by atoms with E-state index in [9.17, 15) is 4.79 Å². The van der Waals surface area contributed by atoms with Gasteiger partial charge >= 0.3 is 0 Å². The SMILES string of the molecule is COc1ccc(C(=O)N2CCCN(Cc3ccc(C)cc3)CC2)c(OC)c1. The van der Waals surface area contributed by atoms with Gasteiger partial charge in [0.2, 0.25) is 0 Å². The van der Waals surface area contributed by atoms with Crippen LogP contribution in [0.15, 0.2) is 42.5 Å². The van der Waals surface area contributed by atoms with Crippen LogP contribution >= 0.6 is 0 Å². The Morgan fingerprint density at radius 1 is 0.963 bits per heavy atom. The Morgan fingerprint density at radius 2 is 1.74 bits per heavy atom. The highest BCUT2D eigenvalue weighted by Gasteiger charge is 2.23. The van der Waals surface area contributed by atoms with E-state index in [-0.39, 0.29) is 5.91 Å². The fourth-order valence-corrected chi connectivity index (χ4v) is 3.43. The maximum atomic E-state index is 13.0. The standard InChI is InChI=1S/C22H28N2O3/c1-17-5-7-18(8-6-17)16-23-11-4-12-24(14-13-23)22(25)20-10-9-19(26-2)15-21(20)27-3/h5-10,15H,4,11-14,16H2,1-3H3. The summed E-state index contributed by atoms with van der Waals surface area (Å²) in [5.74, 6) is 1.26. The lowest BCUT2D eigenvalue weighted by Gasteiger charge is -2.23. The van der Waals surface area contributed by atoms with Crippen molar-refractivity contribution in [3.63, 3.8) is 0 Å². The molecule has 0 saturated carbocycles. The minimum Gasteiger partial charge on any atom is -0.497 e. The smallest absolute Gasteiger partial charge is 0.257 e. The molecule has 5 heteroatoms. The molecule has 144 valence electrons. The van der Waals surface area contributed by atoms with Gasteiger partial charge in [-0.05, 0) is 31.0 Å². The van der Waals surface area contributed by atoms with Crippen molar-refractivity contribution in [2.45, 2.75) is 19.9 Å². The summed E-state index contributed by atoms with van der Waals surface area (Å²) in [7, 11) is 3.19. The second-order valence-corrected chi connectivity index (χ2v) is 6.97. The van der Waals surface area contributed by atoms with Gasteiger partial charge in [-0.3, -0.25) is 9.69 Å². The average Bonchev–Trinajstić information content (AvgIpc) is 2.94. The van der Waals surface area contributed by atoms with Crippen molar-refractivity contribution in [3.05, 3.63) is 59.2 Å². The third-order valence-electron chi connectivity index (χ3n) is 5.04. The molecule has 0 unspecified atom stereocenters. The molecule has 0 aliphatic carbocycles. The van der Waals surface area contributed by atoms with Crippen LogP contribution in [0.3, 0.4) is 0 Å². The molecule has 1 amide bonds. The molecule has 1 saturated heterocycles. The van der Waals surface area contributed by atoms with Crippen molar-refractivity contribution >= 4 is 5.91 Å². The zero-order chi connectivity index (χ0) is 19.2. The van der Waals surface area contributed by atoms with Gasteiger partial charge in [0.25, 0.3) is 5.91 Å². The van der Waals surface area contributed by atoms with Gasteiger partial charge in [-0.15, -0.1) is 0 Å². The molecule has 0 spiro atoms. The minimum atomic E-state index is 0.0201. The fourth-order valence-electron chi connectivity index (χ4n) is 3.43. The molecular formula is C22H28N2O3. The second kappa shape index (κ2) is 8.91. The van der Waals surface area contributed by atoms with E-state index >= 15 is 0 Å². The Morgan fingerprint density at radius 3 is 2.44 bits per heavy atom. The highest BCUT2D eigenvalue weighted by molar-refractivity contribution is 5.97. The lowest BCUT2D eigenvalue weighted by Crippen LogP contribution is -2.35. The van der Waals surface area contributed by atoms with Crippen molar-refractivity contribution in [2.24, 2.45) is 0 Å². The predicted octanol–water partition coefficient (Wildman–Crippen LogP) is 3.36. The number of rotatable bonds is 5. The molecule has 3 rings (SSSR count). The maximum Gasteiger partial charge on any atom is 0.257 e. The molecule has 0 N–H and O–H groups in total. The number of aryl methyl sites for hydroxylation is 1. The Hall–Kier alpha value is -2.53. The first-order valence-electron chi connectivity index (χ1n) is 9.40. The predicted molar refractivity (Wildman–Crippen MR) is 107 cm³/mol. The zero-order valence-electron chi connectivity index (χ0n) is 16.4. The number of amides is 1. The minimum absolute atomic E-state index is 0.0201. The van der Waals surface area contributed by atoms with E-state index in [1.54, 1.807) is 32.4 Å². The largest absolute Gasteiger partial charge is 0.497 e. The third-order valence-corrected chi connectivity index (χ3v) is 5.04. The van der Waals surface area contributed by atoms with E-state index in [1.807, 2.05) is 4.90 Å². The molecule has 2 aromatic rings. The second-order valence-electron chi connectivity index (χ2n) is 6.97. The molecule has 0 atom stereocenters. The summed E-state index contributed by atoms with van der Waals surface area (Å²) in [6, 6.07) is 14.0. The van der Waals surface area contributed by atoms with Crippen LogP contribution in [-0.2, 0) is 6.54 Å². The molecule has 0 bridgehead atoms. The van der Waals surface area contributed by atoms with Gasteiger partial charge in [-0.1, -0.05) is 29.8 Å². The molecule has 1 aliphatic heterocycles. The van der Waals surface area contributed by atoms with Crippen LogP contribution in [0.1, 0.15) is 27.9 Å². The molecule has 1 aliphatic rings. The number of benzene rings is 2. The van der Waals surface area contributed by atoms with Crippen LogP contribution in [0.5, 0.6) is 11.5 Å². The number of nitrogens with zero attached hydrogens (tertiary/aromatic N) is 2. The monoisotopic (exact) mass is 368 g/mol. The lowest BCUT2D eigenvalue weighted by molar-refractivity contribution is 0.0757. The van der Waals surface area contributed by atoms with Gasteiger partial charge in [-0.2, -0.15) is 0 Å². The van der Waals surface area contributed by atoms with Crippen LogP contribution < -0.4 is 9.47 Å². The van der Waals surface area contributed by atoms with Crippen LogP contribution in [0.25, 0.3) is 0 Å². The molecule has 2 aromatic carbocycles. The molecule has 0 radical (unpaired) electrons. The van der Waals surface area contributed by atoms with E-state index in [0.717, 1.165) is 39.1 Å². The quantitative estimate of drug-likeness (QED) is 0.812. The normalized spacial score (nSPS) is 15.3. The summed E-state index contributed by atoms with van der Waals surface area (Å²) in [5, 5.41) is 0. The summed E-state index contributed by atoms with van der Waals surface area (Å²) in [6.45, 7) is 6.38. The first-order chi connectivity index (χ1) is 13.1. The van der Waals surface area contributed by atoms with Gasteiger partial charge < -0.3 is 14.4 Å². The number of hydrogen-bond donors (Lipinski definition) is 0. The molecule has 1 fully saturated rings. The van der Waals surface area contributed by atoms with E-state index in [4.69, 9.17) is 9.47 Å². The number of carbonyl (C=O) groups is 1. The third kappa shape index (κ3) is 4.80. The molecule has 27 heavy (non-hydrogen) atoms. The number of carbonyl (C=O) groups excluding carboxylic acids is 1. The number of ether oxygens (including phenoxy) is 2. The van der Waals surface area contributed by atoms with Gasteiger partial charge in [0.1, 0.15) is 11.5 Å². The van der Waals surface area contributed by atoms with Crippen LogP contribution in [0, 0.1) is 6.92 Å². The van der Waals surface area contributed by atoms with Crippen LogP contribution in [-0.4, -0.2) is 56.1 Å². The Bertz CT molecular complexity index is 774. The topological polar surface area (TPSA) is 42.0 Å². The summed E-state index contributed by atoms with van der Waals surface area (Å²) in [4.78, 5) is 17.4. The fraction of sp³-hybridized carbons (Fsp3) is 0.409. The van der Waals surface area contributed by atoms with Gasteiger partial charge in [0.15, 0.2) is 0 Å². The number of methoxy groups -OCH3 is 2. The first-order valence-corrected chi connectivity index (χ1v) is 9.40. The molecule has 1 heterocycles. The van der Waals surface area contributed by atoms with E-state index < -0.39 is 0 Å². The van der Waals surface area contributed by atoms with E-state index in [0.29, 0.717) is 17.1 Å². The molecular weight excluding hydrogens is 340 g/mol.